The molecule has 0 aromatic carbocycles. The zero-order valence-electron chi connectivity index (χ0n) is 18.8. The summed E-state index contributed by atoms with van der Waals surface area (Å²) < 4.78 is 38.0. The van der Waals surface area contributed by atoms with Crippen LogP contribution < -0.4 is 5.32 Å². The van der Waals surface area contributed by atoms with Crippen molar-refractivity contribution in [2.24, 2.45) is 10.9 Å². The number of alkyl halides is 3. The summed E-state index contributed by atoms with van der Waals surface area (Å²) >= 11 is 0. The smallest absolute Gasteiger partial charge is 0.351 e. The Morgan fingerprint density at radius 3 is 2.62 bits per heavy atom. The van der Waals surface area contributed by atoms with E-state index in [0.29, 0.717) is 37.4 Å². The second kappa shape index (κ2) is 11.6. The Balaban J connectivity index is 1.33. The van der Waals surface area contributed by atoms with Crippen molar-refractivity contribution in [1.29, 1.82) is 0 Å². The highest BCUT2D eigenvalue weighted by atomic mass is 19.4. The third-order valence-corrected chi connectivity index (χ3v) is 5.85. The average Bonchev–Trinajstić information content (AvgIpc) is 3.31. The maximum Gasteiger partial charge on any atom is 0.417 e. The second-order valence-electron chi connectivity index (χ2n) is 8.24. The number of likely N-dealkylation sites (tertiary alicyclic amines) is 1. The minimum absolute atomic E-state index is 0.0322. The molecule has 0 bridgehead atoms. The van der Waals surface area contributed by atoms with Crippen molar-refractivity contribution in [3.05, 3.63) is 59.3 Å². The van der Waals surface area contributed by atoms with Gasteiger partial charge in [-0.15, -0.1) is 0 Å². The van der Waals surface area contributed by atoms with E-state index in [0.717, 1.165) is 49.9 Å². The van der Waals surface area contributed by atoms with E-state index < -0.39 is 11.7 Å². The van der Waals surface area contributed by atoms with Crippen molar-refractivity contribution in [1.82, 2.24) is 20.2 Å². The van der Waals surface area contributed by atoms with Crippen molar-refractivity contribution in [2.75, 3.05) is 19.6 Å². The summed E-state index contributed by atoms with van der Waals surface area (Å²) in [6, 6.07) is 5.53. The first-order chi connectivity index (χ1) is 16.3. The number of pyridine rings is 1. The van der Waals surface area contributed by atoms with Gasteiger partial charge >= 0.3 is 6.18 Å². The third kappa shape index (κ3) is 7.03. The molecule has 3 heterocycles. The number of aliphatic imine (C=N–C) groups is 1. The fourth-order valence-electron chi connectivity index (χ4n) is 3.90. The van der Waals surface area contributed by atoms with E-state index >= 15 is 0 Å². The number of unbranched alkanes of at least 4 members (excludes halogenated alkanes) is 1. The van der Waals surface area contributed by atoms with E-state index in [1.54, 1.807) is 29.3 Å². The maximum absolute atomic E-state index is 12.7. The first kappa shape index (κ1) is 25.2. The molecule has 0 unspecified atom stereocenters. The lowest BCUT2D eigenvalue weighted by atomic mass is 9.91. The van der Waals surface area contributed by atoms with Gasteiger partial charge in [0.15, 0.2) is 0 Å². The number of nitrogens with zero attached hydrogens (tertiary/aromatic N) is 3. The van der Waals surface area contributed by atoms with E-state index in [1.807, 2.05) is 0 Å². The SMILES string of the molecule is C=NC=Cc1ccc(C(=O)NCCCCC2CCN(C(=O)c3ccc(C(F)(F)F)cn3)CC2)[nH]1. The van der Waals surface area contributed by atoms with Crippen molar-refractivity contribution < 1.29 is 22.8 Å². The van der Waals surface area contributed by atoms with Crippen LogP contribution in [0.1, 0.15) is 64.3 Å². The molecule has 0 saturated carbocycles. The van der Waals surface area contributed by atoms with E-state index in [-0.39, 0.29) is 17.5 Å². The molecule has 1 aliphatic rings. The Labute approximate surface area is 196 Å². The number of carbonyl (C=O) groups excluding carboxylic acids is 2. The van der Waals surface area contributed by atoms with Crippen LogP contribution in [0.4, 0.5) is 13.2 Å². The standard InChI is InChI=1S/C24H28F3N5O2/c1-28-13-9-19-6-8-20(31-19)22(33)29-12-3-2-4-17-10-14-32(15-11-17)23(34)21-7-5-18(16-30-21)24(25,26)27/h5-9,13,16-17,31H,1-4,10-12,14-15H2,(H,29,33). The molecule has 2 aromatic heterocycles. The molecule has 2 N–H and O–H groups in total. The van der Waals surface area contributed by atoms with E-state index in [1.165, 1.54) is 0 Å². The zero-order valence-corrected chi connectivity index (χ0v) is 18.8. The summed E-state index contributed by atoms with van der Waals surface area (Å²) in [6.45, 7) is 5.07. The van der Waals surface area contributed by atoms with Crippen LogP contribution in [0.3, 0.4) is 0 Å². The van der Waals surface area contributed by atoms with Crippen LogP contribution >= 0.6 is 0 Å². The van der Waals surface area contributed by atoms with Gasteiger partial charge in [-0.2, -0.15) is 13.2 Å². The minimum atomic E-state index is -4.47. The molecule has 7 nitrogen and oxygen atoms in total. The molecule has 1 fully saturated rings. The predicted molar refractivity (Wildman–Crippen MR) is 123 cm³/mol. The van der Waals surface area contributed by atoms with Gasteiger partial charge in [-0.05, 0) is 62.2 Å². The van der Waals surface area contributed by atoms with Crippen LogP contribution in [0.25, 0.3) is 6.08 Å². The molecule has 182 valence electrons. The molecule has 0 spiro atoms. The highest BCUT2D eigenvalue weighted by Gasteiger charge is 2.31. The molecule has 34 heavy (non-hydrogen) atoms. The summed E-state index contributed by atoms with van der Waals surface area (Å²) in [7, 11) is 0. The predicted octanol–water partition coefficient (Wildman–Crippen LogP) is 4.55. The van der Waals surface area contributed by atoms with Crippen LogP contribution in [-0.2, 0) is 6.18 Å². The normalized spacial score (nSPS) is 15.0. The first-order valence-electron chi connectivity index (χ1n) is 11.2. The molecule has 0 aliphatic carbocycles. The number of aromatic nitrogens is 2. The lowest BCUT2D eigenvalue weighted by Crippen LogP contribution is -2.38. The Hall–Kier alpha value is -3.43. The van der Waals surface area contributed by atoms with Crippen LogP contribution in [0.2, 0.25) is 0 Å². The Morgan fingerprint density at radius 1 is 1.21 bits per heavy atom. The molecule has 10 heteroatoms. The Morgan fingerprint density at radius 2 is 1.97 bits per heavy atom. The summed E-state index contributed by atoms with van der Waals surface area (Å²) in [6.07, 6.45) is 4.00. The molecule has 0 atom stereocenters. The fraction of sp³-hybridized carbons (Fsp3) is 0.417. The summed E-state index contributed by atoms with van der Waals surface area (Å²) in [4.78, 5) is 36.7. The van der Waals surface area contributed by atoms with E-state index in [2.05, 4.69) is 27.0 Å². The number of carbonyl (C=O) groups is 2. The topological polar surface area (TPSA) is 90.4 Å². The van der Waals surface area contributed by atoms with Gasteiger partial charge in [0.05, 0.1) is 5.56 Å². The first-order valence-corrected chi connectivity index (χ1v) is 11.2. The molecular formula is C24H28F3N5O2. The van der Waals surface area contributed by atoms with Crippen molar-refractivity contribution in [2.45, 2.75) is 38.3 Å². The van der Waals surface area contributed by atoms with Gasteiger partial charge < -0.3 is 15.2 Å². The van der Waals surface area contributed by atoms with Crippen molar-refractivity contribution in [3.63, 3.8) is 0 Å². The number of rotatable bonds is 9. The van der Waals surface area contributed by atoms with Gasteiger partial charge in [0.25, 0.3) is 11.8 Å². The van der Waals surface area contributed by atoms with Crippen LogP contribution in [0.15, 0.2) is 41.7 Å². The van der Waals surface area contributed by atoms with Crippen LogP contribution in [-0.4, -0.2) is 53.0 Å². The molecule has 3 rings (SSSR count). The van der Waals surface area contributed by atoms with Gasteiger partial charge in [-0.25, -0.2) is 0 Å². The molecule has 1 saturated heterocycles. The molecule has 0 radical (unpaired) electrons. The average molecular weight is 476 g/mol. The summed E-state index contributed by atoms with van der Waals surface area (Å²) in [5, 5.41) is 2.90. The number of H-pyrrole nitrogens is 1. The maximum atomic E-state index is 12.7. The van der Waals surface area contributed by atoms with Crippen LogP contribution in [0, 0.1) is 5.92 Å². The molecule has 2 aromatic rings. The fourth-order valence-corrected chi connectivity index (χ4v) is 3.90. The molecular weight excluding hydrogens is 447 g/mol. The number of hydrogen-bond donors (Lipinski definition) is 2. The van der Waals surface area contributed by atoms with Gasteiger partial charge in [0, 0.05) is 37.7 Å². The van der Waals surface area contributed by atoms with E-state index in [9.17, 15) is 22.8 Å². The molecule has 1 aliphatic heterocycles. The number of aromatic amines is 1. The van der Waals surface area contributed by atoms with Crippen molar-refractivity contribution in [3.8, 4) is 0 Å². The van der Waals surface area contributed by atoms with Crippen LogP contribution in [0.5, 0.6) is 0 Å². The highest BCUT2D eigenvalue weighted by Crippen LogP contribution is 2.29. The number of halogens is 3. The quantitative estimate of drug-likeness (QED) is 0.412. The number of nitrogens with one attached hydrogen (secondary N) is 2. The van der Waals surface area contributed by atoms with Gasteiger partial charge in [0.2, 0.25) is 0 Å². The van der Waals surface area contributed by atoms with Crippen molar-refractivity contribution >= 4 is 24.6 Å². The largest absolute Gasteiger partial charge is 0.417 e. The van der Waals surface area contributed by atoms with Gasteiger partial charge in [-0.3, -0.25) is 19.6 Å². The minimum Gasteiger partial charge on any atom is -0.351 e. The Bertz CT molecular complexity index is 1010. The zero-order chi connectivity index (χ0) is 24.6. The number of piperidine rings is 1. The highest BCUT2D eigenvalue weighted by molar-refractivity contribution is 5.93. The lowest BCUT2D eigenvalue weighted by Gasteiger charge is -2.32. The molecule has 2 amide bonds. The van der Waals surface area contributed by atoms with E-state index in [4.69, 9.17) is 0 Å². The summed E-state index contributed by atoms with van der Waals surface area (Å²) in [5.41, 5.74) is 0.430. The monoisotopic (exact) mass is 475 g/mol. The second-order valence-corrected chi connectivity index (χ2v) is 8.24. The third-order valence-electron chi connectivity index (χ3n) is 5.85. The lowest BCUT2D eigenvalue weighted by molar-refractivity contribution is -0.137. The number of amides is 2. The van der Waals surface area contributed by atoms with Gasteiger partial charge in [0.1, 0.15) is 11.4 Å². The number of hydrogen-bond acceptors (Lipinski definition) is 4. The van der Waals surface area contributed by atoms with Gasteiger partial charge in [-0.1, -0.05) is 12.8 Å². The summed E-state index contributed by atoms with van der Waals surface area (Å²) in [5.74, 6) is -0.00921. The Kier molecular flexibility index (Phi) is 8.61.